The smallest absolute Gasteiger partial charge is 0.330 e. The molecule has 0 heterocycles. The summed E-state index contributed by atoms with van der Waals surface area (Å²) in [7, 11) is 0. The number of hydrogen-bond acceptors (Lipinski definition) is 3. The van der Waals surface area contributed by atoms with Crippen molar-refractivity contribution in [3.8, 4) is 0 Å². The molecule has 4 nitrogen and oxygen atoms in total. The minimum Gasteiger partial charge on any atom is -0.463 e. The molecule has 98 valence electrons. The van der Waals surface area contributed by atoms with E-state index in [9.17, 15) is 9.59 Å². The number of nitrogens with one attached hydrogen (secondary N) is 1. The van der Waals surface area contributed by atoms with Gasteiger partial charge in [0.05, 0.1) is 6.61 Å². The number of carbonyl (C=O) groups is 2. The molecule has 0 aliphatic rings. The highest BCUT2D eigenvalue weighted by Gasteiger charge is 2.02. The maximum absolute atomic E-state index is 11.3. The van der Waals surface area contributed by atoms with Gasteiger partial charge in [-0.05, 0) is 26.7 Å². The second kappa shape index (κ2) is 9.87. The predicted octanol–water partition coefficient (Wildman–Crippen LogP) is 2.19. The van der Waals surface area contributed by atoms with Crippen molar-refractivity contribution in [2.75, 3.05) is 6.61 Å². The summed E-state index contributed by atoms with van der Waals surface area (Å²) in [5.41, 5.74) is 0. The van der Waals surface area contributed by atoms with Gasteiger partial charge in [-0.1, -0.05) is 19.4 Å². The molecule has 0 aliphatic heterocycles. The Kier molecular flexibility index (Phi) is 9.11. The molecular formula is C13H23NO3. The van der Waals surface area contributed by atoms with Crippen molar-refractivity contribution in [2.45, 2.75) is 52.0 Å². The fraction of sp³-hybridized carbons (Fsp3) is 0.692. The second-order valence-corrected chi connectivity index (χ2v) is 4.26. The first kappa shape index (κ1) is 15.7. The lowest BCUT2D eigenvalue weighted by atomic mass is 10.1. The van der Waals surface area contributed by atoms with Gasteiger partial charge >= 0.3 is 5.97 Å². The maximum Gasteiger partial charge on any atom is 0.330 e. The number of unbranched alkanes of at least 4 members (excludes halogenated alkanes) is 3. The van der Waals surface area contributed by atoms with Crippen LogP contribution in [0.3, 0.4) is 0 Å². The van der Waals surface area contributed by atoms with Crippen LogP contribution in [-0.2, 0) is 14.3 Å². The number of ether oxygens (including phenoxy) is 1. The molecule has 17 heavy (non-hydrogen) atoms. The highest BCUT2D eigenvalue weighted by molar-refractivity contribution is 5.81. The first-order valence-corrected chi connectivity index (χ1v) is 6.14. The molecule has 0 unspecified atom stereocenters. The molecule has 0 radical (unpaired) electrons. The van der Waals surface area contributed by atoms with E-state index in [0.717, 1.165) is 31.8 Å². The van der Waals surface area contributed by atoms with Gasteiger partial charge in [-0.3, -0.25) is 4.79 Å². The van der Waals surface area contributed by atoms with Crippen LogP contribution in [0.1, 0.15) is 46.0 Å². The summed E-state index contributed by atoms with van der Waals surface area (Å²) < 4.78 is 4.84. The summed E-state index contributed by atoms with van der Waals surface area (Å²) in [6.07, 6.45) is 5.41. The number of esters is 1. The zero-order valence-corrected chi connectivity index (χ0v) is 10.8. The summed E-state index contributed by atoms with van der Waals surface area (Å²) in [6, 6.07) is 0.209. The first-order valence-electron chi connectivity index (χ1n) is 6.14. The van der Waals surface area contributed by atoms with E-state index in [4.69, 9.17) is 4.74 Å². The third-order valence-electron chi connectivity index (χ3n) is 2.16. The number of rotatable bonds is 9. The van der Waals surface area contributed by atoms with Gasteiger partial charge in [0.25, 0.3) is 0 Å². The quantitative estimate of drug-likeness (QED) is 0.382. The van der Waals surface area contributed by atoms with Crippen molar-refractivity contribution >= 4 is 11.9 Å². The predicted molar refractivity (Wildman–Crippen MR) is 67.5 cm³/mol. The lowest BCUT2D eigenvalue weighted by Gasteiger charge is -2.07. The first-order chi connectivity index (χ1) is 8.06. The van der Waals surface area contributed by atoms with E-state index < -0.39 is 0 Å². The van der Waals surface area contributed by atoms with Crippen molar-refractivity contribution < 1.29 is 14.3 Å². The zero-order valence-electron chi connectivity index (χ0n) is 10.8. The standard InChI is InChI=1S/C13H23NO3/c1-4-13(16)17-10-8-6-5-7-9-12(15)14-11(2)3/h4,11H,1,5-10H2,2-3H3,(H,14,15). The van der Waals surface area contributed by atoms with Crippen LogP contribution in [0.2, 0.25) is 0 Å². The van der Waals surface area contributed by atoms with Crippen molar-refractivity contribution in [3.63, 3.8) is 0 Å². The SMILES string of the molecule is C=CC(=O)OCCCCCCC(=O)NC(C)C. The molecule has 1 N–H and O–H groups in total. The van der Waals surface area contributed by atoms with Crippen LogP contribution in [0.25, 0.3) is 0 Å². The fourth-order valence-electron chi connectivity index (χ4n) is 1.37. The third kappa shape index (κ3) is 11.0. The van der Waals surface area contributed by atoms with Crippen molar-refractivity contribution in [2.24, 2.45) is 0 Å². The fourth-order valence-corrected chi connectivity index (χ4v) is 1.37. The molecule has 0 saturated carbocycles. The van der Waals surface area contributed by atoms with Crippen LogP contribution in [0, 0.1) is 0 Å². The molecule has 1 amide bonds. The molecule has 0 fully saturated rings. The van der Waals surface area contributed by atoms with Crippen LogP contribution in [0.4, 0.5) is 0 Å². The Balaban J connectivity index is 3.26. The van der Waals surface area contributed by atoms with Gasteiger partial charge in [-0.2, -0.15) is 0 Å². The Labute approximate surface area is 103 Å². The highest BCUT2D eigenvalue weighted by Crippen LogP contribution is 2.03. The van der Waals surface area contributed by atoms with Gasteiger partial charge in [0, 0.05) is 18.5 Å². The van der Waals surface area contributed by atoms with E-state index in [2.05, 4.69) is 11.9 Å². The zero-order chi connectivity index (χ0) is 13.1. The Morgan fingerprint density at radius 1 is 1.24 bits per heavy atom. The molecule has 0 aromatic rings. The molecule has 0 atom stereocenters. The van der Waals surface area contributed by atoms with E-state index >= 15 is 0 Å². The van der Waals surface area contributed by atoms with E-state index in [1.54, 1.807) is 0 Å². The Morgan fingerprint density at radius 2 is 1.88 bits per heavy atom. The summed E-state index contributed by atoms with van der Waals surface area (Å²) >= 11 is 0. The van der Waals surface area contributed by atoms with E-state index in [-0.39, 0.29) is 17.9 Å². The van der Waals surface area contributed by atoms with Crippen LogP contribution in [-0.4, -0.2) is 24.5 Å². The van der Waals surface area contributed by atoms with Gasteiger partial charge in [-0.15, -0.1) is 0 Å². The molecule has 0 spiro atoms. The average Bonchev–Trinajstić information content (AvgIpc) is 2.26. The minimum absolute atomic E-state index is 0.109. The number of amides is 1. The van der Waals surface area contributed by atoms with Crippen molar-refractivity contribution in [1.29, 1.82) is 0 Å². The van der Waals surface area contributed by atoms with Crippen molar-refractivity contribution in [3.05, 3.63) is 12.7 Å². The van der Waals surface area contributed by atoms with Gasteiger partial charge in [0.15, 0.2) is 0 Å². The number of carbonyl (C=O) groups excluding carboxylic acids is 2. The molecule has 0 aromatic carbocycles. The minimum atomic E-state index is -0.374. The molecule has 0 rings (SSSR count). The van der Waals surface area contributed by atoms with E-state index in [1.165, 1.54) is 0 Å². The molecule has 0 saturated heterocycles. The molecular weight excluding hydrogens is 218 g/mol. The summed E-state index contributed by atoms with van der Waals surface area (Å²) in [6.45, 7) is 7.65. The van der Waals surface area contributed by atoms with Gasteiger partial charge in [0.2, 0.25) is 5.91 Å². The lowest BCUT2D eigenvalue weighted by molar-refractivity contribution is -0.137. The van der Waals surface area contributed by atoms with Crippen molar-refractivity contribution in [1.82, 2.24) is 5.32 Å². The monoisotopic (exact) mass is 241 g/mol. The lowest BCUT2D eigenvalue weighted by Crippen LogP contribution is -2.29. The van der Waals surface area contributed by atoms with Crippen LogP contribution >= 0.6 is 0 Å². The summed E-state index contributed by atoms with van der Waals surface area (Å²) in [4.78, 5) is 22.0. The van der Waals surface area contributed by atoms with Gasteiger partial charge in [0.1, 0.15) is 0 Å². The van der Waals surface area contributed by atoms with Gasteiger partial charge < -0.3 is 10.1 Å². The third-order valence-corrected chi connectivity index (χ3v) is 2.16. The van der Waals surface area contributed by atoms with Gasteiger partial charge in [-0.25, -0.2) is 4.79 Å². The second-order valence-electron chi connectivity index (χ2n) is 4.26. The normalized spacial score (nSPS) is 10.1. The highest BCUT2D eigenvalue weighted by atomic mass is 16.5. The van der Waals surface area contributed by atoms with E-state index in [0.29, 0.717) is 13.0 Å². The molecule has 0 aliphatic carbocycles. The average molecular weight is 241 g/mol. The molecule has 0 aromatic heterocycles. The number of hydrogen-bond donors (Lipinski definition) is 1. The Bertz CT molecular complexity index is 249. The molecule has 0 bridgehead atoms. The van der Waals surface area contributed by atoms with Crippen LogP contribution < -0.4 is 5.32 Å². The maximum atomic E-state index is 11.3. The van der Waals surface area contributed by atoms with Crippen LogP contribution in [0.15, 0.2) is 12.7 Å². The Hall–Kier alpha value is -1.32. The summed E-state index contributed by atoms with van der Waals surface area (Å²) in [5, 5.41) is 2.85. The Morgan fingerprint density at radius 3 is 2.47 bits per heavy atom. The van der Waals surface area contributed by atoms with Crippen LogP contribution in [0.5, 0.6) is 0 Å². The largest absolute Gasteiger partial charge is 0.463 e. The topological polar surface area (TPSA) is 55.4 Å². The summed E-state index contributed by atoms with van der Waals surface area (Å²) in [5.74, 6) is -0.264. The van der Waals surface area contributed by atoms with E-state index in [1.807, 2.05) is 13.8 Å². The molecule has 4 heteroatoms.